The first-order valence-corrected chi connectivity index (χ1v) is 7.50. The van der Waals surface area contributed by atoms with Crippen LogP contribution in [-0.2, 0) is 4.79 Å². The summed E-state index contributed by atoms with van der Waals surface area (Å²) in [5, 5.41) is 0. The van der Waals surface area contributed by atoms with E-state index in [1.165, 1.54) is 11.8 Å². The Morgan fingerprint density at radius 3 is 1.75 bits per heavy atom. The largest absolute Gasteiger partial charge is 0.365 e. The van der Waals surface area contributed by atoms with Gasteiger partial charge in [0.05, 0.1) is 4.91 Å². The highest BCUT2D eigenvalue weighted by atomic mass is 32.2. The second kappa shape index (κ2) is 6.96. The summed E-state index contributed by atoms with van der Waals surface area (Å²) in [5.74, 6) is 0.432. The molecule has 0 heterocycles. The molecule has 2 nitrogen and oxygen atoms in total. The van der Waals surface area contributed by atoms with Crippen LogP contribution < -0.4 is 5.73 Å². The Labute approximate surface area is 123 Å². The predicted molar refractivity (Wildman–Crippen MR) is 86.2 cm³/mol. The minimum Gasteiger partial charge on any atom is -0.365 e. The maximum atomic E-state index is 11.8. The molecule has 0 aromatic heterocycles. The van der Waals surface area contributed by atoms with Crippen molar-refractivity contribution in [3.63, 3.8) is 0 Å². The molecule has 0 aliphatic heterocycles. The molecule has 3 heteroatoms. The van der Waals surface area contributed by atoms with Gasteiger partial charge in [-0.25, -0.2) is 0 Å². The number of nitrogens with two attached hydrogens (primary N) is 1. The van der Waals surface area contributed by atoms with Crippen LogP contribution in [0.3, 0.4) is 0 Å². The summed E-state index contributed by atoms with van der Waals surface area (Å²) in [4.78, 5) is 12.4. The molecule has 0 aliphatic carbocycles. The molecule has 0 saturated carbocycles. The normalized spacial score (nSPS) is 10.1. The summed E-state index contributed by atoms with van der Waals surface area (Å²) in [6.45, 7) is 2.02. The second-order valence-electron chi connectivity index (χ2n) is 4.23. The third-order valence-electron chi connectivity index (χ3n) is 2.86. The topological polar surface area (TPSA) is 43.1 Å². The smallest absolute Gasteiger partial charge is 0.255 e. The van der Waals surface area contributed by atoms with E-state index >= 15 is 0 Å². The van der Waals surface area contributed by atoms with E-state index in [-0.39, 0.29) is 5.91 Å². The van der Waals surface area contributed by atoms with Crippen LogP contribution in [0.2, 0.25) is 0 Å². The van der Waals surface area contributed by atoms with Crippen molar-refractivity contribution in [3.05, 3.63) is 76.7 Å². The minimum atomic E-state index is -0.375. The molecule has 2 N–H and O–H groups in total. The standard InChI is InChI=1S/C17H17NOS/c1-2-20-16(17(18)19)15(13-9-5-3-6-10-13)14-11-7-4-8-12-14/h3-12H,2H2,1H3,(H2,18,19). The van der Waals surface area contributed by atoms with Gasteiger partial charge in [-0.05, 0) is 16.9 Å². The van der Waals surface area contributed by atoms with E-state index in [1.807, 2.05) is 67.6 Å². The highest BCUT2D eigenvalue weighted by molar-refractivity contribution is 8.04. The van der Waals surface area contributed by atoms with Gasteiger partial charge in [-0.15, -0.1) is 11.8 Å². The highest BCUT2D eigenvalue weighted by Crippen LogP contribution is 2.32. The van der Waals surface area contributed by atoms with Gasteiger partial charge < -0.3 is 5.73 Å². The number of carbonyl (C=O) groups is 1. The molecule has 0 fully saturated rings. The number of thioether (sulfide) groups is 1. The Balaban J connectivity index is 2.66. The maximum Gasteiger partial charge on any atom is 0.255 e. The Bertz CT molecular complexity index is 564. The lowest BCUT2D eigenvalue weighted by molar-refractivity contribution is -0.113. The molecule has 102 valence electrons. The van der Waals surface area contributed by atoms with E-state index in [9.17, 15) is 4.79 Å². The van der Waals surface area contributed by atoms with Crippen molar-refractivity contribution in [1.29, 1.82) is 0 Å². The van der Waals surface area contributed by atoms with Gasteiger partial charge in [-0.1, -0.05) is 67.6 Å². The fourth-order valence-corrected chi connectivity index (χ4v) is 2.86. The van der Waals surface area contributed by atoms with Gasteiger partial charge in [0.1, 0.15) is 0 Å². The van der Waals surface area contributed by atoms with Gasteiger partial charge in [-0.3, -0.25) is 4.79 Å². The molecular weight excluding hydrogens is 266 g/mol. The van der Waals surface area contributed by atoms with E-state index in [0.29, 0.717) is 4.91 Å². The molecule has 0 atom stereocenters. The maximum absolute atomic E-state index is 11.8. The van der Waals surface area contributed by atoms with Gasteiger partial charge in [0, 0.05) is 5.57 Å². The number of benzene rings is 2. The second-order valence-corrected chi connectivity index (χ2v) is 5.51. The molecule has 0 bridgehead atoms. The number of hydrogen-bond acceptors (Lipinski definition) is 2. The fraction of sp³-hybridized carbons (Fsp3) is 0.118. The molecule has 2 aromatic rings. The van der Waals surface area contributed by atoms with E-state index in [0.717, 1.165) is 22.5 Å². The first kappa shape index (κ1) is 14.4. The Morgan fingerprint density at radius 1 is 0.950 bits per heavy atom. The lowest BCUT2D eigenvalue weighted by Crippen LogP contribution is -2.14. The molecular formula is C17H17NOS. The van der Waals surface area contributed by atoms with Crippen LogP contribution in [0.25, 0.3) is 5.57 Å². The zero-order chi connectivity index (χ0) is 14.4. The minimum absolute atomic E-state index is 0.375. The molecule has 0 saturated heterocycles. The van der Waals surface area contributed by atoms with E-state index in [2.05, 4.69) is 0 Å². The average Bonchev–Trinajstić information content (AvgIpc) is 2.49. The Hall–Kier alpha value is -2.00. The van der Waals surface area contributed by atoms with Crippen LogP contribution >= 0.6 is 11.8 Å². The molecule has 0 unspecified atom stereocenters. The van der Waals surface area contributed by atoms with Gasteiger partial charge in [-0.2, -0.15) is 0 Å². The van der Waals surface area contributed by atoms with Crippen LogP contribution in [0.4, 0.5) is 0 Å². The zero-order valence-corrected chi connectivity index (χ0v) is 12.2. The molecule has 0 aliphatic rings. The number of amides is 1. The summed E-state index contributed by atoms with van der Waals surface area (Å²) in [6.07, 6.45) is 0. The number of carbonyl (C=O) groups excluding carboxylic acids is 1. The quantitative estimate of drug-likeness (QED) is 0.851. The van der Waals surface area contributed by atoms with E-state index in [1.54, 1.807) is 0 Å². The van der Waals surface area contributed by atoms with Gasteiger partial charge in [0.2, 0.25) is 0 Å². The first-order valence-electron chi connectivity index (χ1n) is 6.51. The van der Waals surface area contributed by atoms with Crippen LogP contribution in [0.5, 0.6) is 0 Å². The summed E-state index contributed by atoms with van der Waals surface area (Å²) >= 11 is 1.49. The monoisotopic (exact) mass is 283 g/mol. The predicted octanol–water partition coefficient (Wildman–Crippen LogP) is 3.68. The number of primary amides is 1. The van der Waals surface area contributed by atoms with Crippen molar-refractivity contribution >= 4 is 23.2 Å². The summed E-state index contributed by atoms with van der Waals surface area (Å²) in [5.41, 5.74) is 8.50. The first-order chi connectivity index (χ1) is 9.74. The molecule has 1 amide bonds. The summed E-state index contributed by atoms with van der Waals surface area (Å²) in [6, 6.07) is 19.8. The van der Waals surface area contributed by atoms with E-state index in [4.69, 9.17) is 5.73 Å². The molecule has 0 radical (unpaired) electrons. The third-order valence-corrected chi connectivity index (χ3v) is 3.85. The van der Waals surface area contributed by atoms with Crippen molar-refractivity contribution < 1.29 is 4.79 Å². The van der Waals surface area contributed by atoms with Crippen molar-refractivity contribution in [3.8, 4) is 0 Å². The van der Waals surface area contributed by atoms with Crippen LogP contribution in [0, 0.1) is 0 Å². The Morgan fingerprint density at radius 2 is 1.40 bits per heavy atom. The van der Waals surface area contributed by atoms with Crippen molar-refractivity contribution in [2.24, 2.45) is 5.73 Å². The van der Waals surface area contributed by atoms with Crippen LogP contribution in [-0.4, -0.2) is 11.7 Å². The van der Waals surface area contributed by atoms with Crippen molar-refractivity contribution in [1.82, 2.24) is 0 Å². The lowest BCUT2D eigenvalue weighted by Gasteiger charge is -2.13. The lowest BCUT2D eigenvalue weighted by atomic mass is 9.97. The fourth-order valence-electron chi connectivity index (χ4n) is 2.05. The average molecular weight is 283 g/mol. The molecule has 2 rings (SSSR count). The van der Waals surface area contributed by atoms with Gasteiger partial charge >= 0.3 is 0 Å². The molecule has 2 aromatic carbocycles. The van der Waals surface area contributed by atoms with Gasteiger partial charge in [0.25, 0.3) is 5.91 Å². The van der Waals surface area contributed by atoms with Gasteiger partial charge in [0.15, 0.2) is 0 Å². The molecule has 20 heavy (non-hydrogen) atoms. The number of hydrogen-bond donors (Lipinski definition) is 1. The Kier molecular flexibility index (Phi) is 5.02. The highest BCUT2D eigenvalue weighted by Gasteiger charge is 2.16. The van der Waals surface area contributed by atoms with E-state index < -0.39 is 0 Å². The summed E-state index contributed by atoms with van der Waals surface area (Å²) < 4.78 is 0. The van der Waals surface area contributed by atoms with Crippen molar-refractivity contribution in [2.45, 2.75) is 6.92 Å². The third kappa shape index (κ3) is 3.31. The molecule has 0 spiro atoms. The van der Waals surface area contributed by atoms with Crippen LogP contribution in [0.1, 0.15) is 18.1 Å². The number of rotatable bonds is 5. The zero-order valence-electron chi connectivity index (χ0n) is 11.4. The SMILES string of the molecule is CCSC(C(N)=O)=C(c1ccccc1)c1ccccc1. The summed E-state index contributed by atoms with van der Waals surface area (Å²) in [7, 11) is 0. The van der Waals surface area contributed by atoms with Crippen LogP contribution in [0.15, 0.2) is 65.6 Å². The van der Waals surface area contributed by atoms with Crippen molar-refractivity contribution in [2.75, 3.05) is 5.75 Å².